The molecule has 3 aliphatic heterocycles. The van der Waals surface area contributed by atoms with Gasteiger partial charge < -0.3 is 9.47 Å². The van der Waals surface area contributed by atoms with Gasteiger partial charge in [-0.2, -0.15) is 0 Å². The molecule has 0 bridgehead atoms. The number of thiol groups is 1. The number of halogens is 2. The smallest absolute Gasteiger partial charge is 0.131 e. The van der Waals surface area contributed by atoms with Crippen molar-refractivity contribution in [1.29, 1.82) is 0 Å². The maximum Gasteiger partial charge on any atom is 0.131 e. The van der Waals surface area contributed by atoms with E-state index in [4.69, 9.17) is 21.1 Å². The van der Waals surface area contributed by atoms with Gasteiger partial charge in [-0.1, -0.05) is 42.0 Å². The molecular weight excluding hydrogens is 457 g/mol. The number of nitrogens with zero attached hydrogens (tertiary/aromatic N) is 1. The minimum Gasteiger partial charge on any atom is -0.489 e. The Morgan fingerprint density at radius 1 is 1.12 bits per heavy atom. The fourth-order valence-electron chi connectivity index (χ4n) is 4.73. The monoisotopic (exact) mass is 487 g/mol. The molecule has 0 spiro atoms. The van der Waals surface area contributed by atoms with Crippen molar-refractivity contribution < 1.29 is 13.9 Å². The number of allylic oxidation sites excluding steroid dienone is 2. The van der Waals surface area contributed by atoms with Crippen LogP contribution < -0.4 is 4.74 Å². The van der Waals surface area contributed by atoms with Crippen LogP contribution in [0.15, 0.2) is 64.9 Å². The Balaban J connectivity index is 1.12. The lowest BCUT2D eigenvalue weighted by Crippen LogP contribution is -2.35. The molecule has 33 heavy (non-hydrogen) atoms. The van der Waals surface area contributed by atoms with Crippen LogP contribution in [0.25, 0.3) is 0 Å². The number of rotatable bonds is 8. The first kappa shape index (κ1) is 23.0. The third kappa shape index (κ3) is 5.83. The molecule has 0 aromatic heterocycles. The van der Waals surface area contributed by atoms with Crippen molar-refractivity contribution in [3.8, 4) is 5.75 Å². The molecule has 2 saturated heterocycles. The Hall–Kier alpha value is -1.79. The van der Waals surface area contributed by atoms with Crippen LogP contribution in [0.2, 0.25) is 5.02 Å². The SMILES string of the molecule is Fc1cc(Cl)ccc1COc1cccc(C2CCN(CC3=CC=C[SH]3CC3CCO3)CC2)c1. The van der Waals surface area contributed by atoms with Crippen LogP contribution in [-0.2, 0) is 11.3 Å². The van der Waals surface area contributed by atoms with Gasteiger partial charge >= 0.3 is 0 Å². The summed E-state index contributed by atoms with van der Waals surface area (Å²) in [7, 11) is -0.151. The molecule has 2 aromatic carbocycles. The van der Waals surface area contributed by atoms with Crippen molar-refractivity contribution in [3.63, 3.8) is 0 Å². The van der Waals surface area contributed by atoms with Crippen LogP contribution in [0.1, 0.15) is 36.3 Å². The van der Waals surface area contributed by atoms with E-state index in [2.05, 4.69) is 34.6 Å². The molecule has 2 atom stereocenters. The van der Waals surface area contributed by atoms with E-state index in [1.54, 1.807) is 17.0 Å². The van der Waals surface area contributed by atoms with Gasteiger partial charge in [-0.15, -0.1) is 0 Å². The van der Waals surface area contributed by atoms with Gasteiger partial charge in [-0.25, -0.2) is 15.3 Å². The minimum absolute atomic E-state index is 0.151. The molecule has 2 aromatic rings. The molecule has 3 heterocycles. The van der Waals surface area contributed by atoms with E-state index in [-0.39, 0.29) is 23.3 Å². The average molecular weight is 488 g/mol. The van der Waals surface area contributed by atoms with Gasteiger partial charge in [0.25, 0.3) is 0 Å². The number of benzene rings is 2. The third-order valence-corrected chi connectivity index (χ3v) is 9.43. The van der Waals surface area contributed by atoms with Gasteiger partial charge in [0.2, 0.25) is 0 Å². The highest BCUT2D eigenvalue weighted by Crippen LogP contribution is 2.44. The van der Waals surface area contributed by atoms with E-state index in [9.17, 15) is 4.39 Å². The van der Waals surface area contributed by atoms with Crippen LogP contribution in [0, 0.1) is 5.82 Å². The van der Waals surface area contributed by atoms with Gasteiger partial charge in [0.1, 0.15) is 18.2 Å². The molecule has 0 aliphatic carbocycles. The van der Waals surface area contributed by atoms with Crippen molar-refractivity contribution in [2.75, 3.05) is 32.0 Å². The van der Waals surface area contributed by atoms with Crippen LogP contribution >= 0.6 is 22.5 Å². The summed E-state index contributed by atoms with van der Waals surface area (Å²) in [4.78, 5) is 4.21. The van der Waals surface area contributed by atoms with Crippen molar-refractivity contribution in [3.05, 3.63) is 86.9 Å². The number of hydrogen-bond acceptors (Lipinski definition) is 3. The maximum absolute atomic E-state index is 14.0. The molecule has 3 nitrogen and oxygen atoms in total. The summed E-state index contributed by atoms with van der Waals surface area (Å²) in [6.45, 7) is 4.46. The van der Waals surface area contributed by atoms with E-state index >= 15 is 0 Å². The Morgan fingerprint density at radius 3 is 2.73 bits per heavy atom. The van der Waals surface area contributed by atoms with Crippen molar-refractivity contribution in [2.45, 2.75) is 37.9 Å². The summed E-state index contributed by atoms with van der Waals surface area (Å²) in [5, 5.41) is 2.80. The van der Waals surface area contributed by atoms with Gasteiger partial charge in [0.15, 0.2) is 0 Å². The van der Waals surface area contributed by atoms with E-state index in [1.807, 2.05) is 12.1 Å². The standard InChI is InChI=1S/C27H31ClFNO2S/c28-23-7-6-22(27(29)16-23)18-32-24-4-1-3-21(15-24)20-8-11-30(12-9-20)17-26-5-2-14-33(26)19-25-10-13-31-25/h1-7,14-16,20,25,33H,8-13,17-19H2. The average Bonchev–Trinajstić information content (AvgIpc) is 3.23. The van der Waals surface area contributed by atoms with Gasteiger partial charge in [-0.05, 0) is 78.4 Å². The van der Waals surface area contributed by atoms with Crippen LogP contribution in [0.5, 0.6) is 5.75 Å². The Kier molecular flexibility index (Phi) is 7.41. The largest absolute Gasteiger partial charge is 0.489 e. The summed E-state index contributed by atoms with van der Waals surface area (Å²) in [6, 6.07) is 13.0. The van der Waals surface area contributed by atoms with Crippen LogP contribution in [-0.4, -0.2) is 43.0 Å². The van der Waals surface area contributed by atoms with Gasteiger partial charge in [-0.3, -0.25) is 4.90 Å². The minimum atomic E-state index is -0.331. The summed E-state index contributed by atoms with van der Waals surface area (Å²) in [5.74, 6) is 2.19. The first-order valence-electron chi connectivity index (χ1n) is 11.8. The van der Waals surface area contributed by atoms with E-state index in [0.29, 0.717) is 22.6 Å². The molecule has 2 unspecified atom stereocenters. The van der Waals surface area contributed by atoms with E-state index < -0.39 is 0 Å². The zero-order valence-electron chi connectivity index (χ0n) is 18.8. The molecule has 176 valence electrons. The van der Waals surface area contributed by atoms with E-state index in [0.717, 1.165) is 44.8 Å². The van der Waals surface area contributed by atoms with Crippen molar-refractivity contribution >= 4 is 22.5 Å². The Morgan fingerprint density at radius 2 is 1.97 bits per heavy atom. The zero-order chi connectivity index (χ0) is 22.6. The second kappa shape index (κ2) is 10.6. The number of hydrogen-bond donors (Lipinski definition) is 1. The number of piperidine rings is 1. The first-order valence-corrected chi connectivity index (χ1v) is 13.8. The Labute approximate surface area is 203 Å². The normalized spacial score (nSPS) is 24.5. The summed E-state index contributed by atoms with van der Waals surface area (Å²) in [5.41, 5.74) is 1.83. The van der Waals surface area contributed by atoms with Gasteiger partial charge in [0, 0.05) is 29.5 Å². The topological polar surface area (TPSA) is 21.7 Å². The lowest BCUT2D eigenvalue weighted by Gasteiger charge is -2.35. The lowest BCUT2D eigenvalue weighted by molar-refractivity contribution is -0.0344. The molecule has 0 N–H and O–H groups in total. The van der Waals surface area contributed by atoms with Gasteiger partial charge in [0.05, 0.1) is 6.10 Å². The highest BCUT2D eigenvalue weighted by Gasteiger charge is 2.26. The fourth-order valence-corrected chi connectivity index (χ4v) is 7.12. The second-order valence-electron chi connectivity index (χ2n) is 9.08. The predicted molar refractivity (Wildman–Crippen MR) is 136 cm³/mol. The Bertz CT molecular complexity index is 1030. The molecule has 5 rings (SSSR count). The molecule has 0 saturated carbocycles. The number of likely N-dealkylation sites (tertiary alicyclic amines) is 1. The lowest BCUT2D eigenvalue weighted by atomic mass is 9.89. The number of ether oxygens (including phenoxy) is 2. The highest BCUT2D eigenvalue weighted by atomic mass is 35.5. The van der Waals surface area contributed by atoms with Crippen LogP contribution in [0.3, 0.4) is 0 Å². The molecule has 6 heteroatoms. The molecule has 0 radical (unpaired) electrons. The third-order valence-electron chi connectivity index (χ3n) is 6.83. The summed E-state index contributed by atoms with van der Waals surface area (Å²) >= 11 is 5.84. The maximum atomic E-state index is 14.0. The summed E-state index contributed by atoms with van der Waals surface area (Å²) in [6.07, 6.45) is 8.59. The second-order valence-corrected chi connectivity index (χ2v) is 11.7. The summed E-state index contributed by atoms with van der Waals surface area (Å²) < 4.78 is 25.6. The quantitative estimate of drug-likeness (QED) is 0.433. The highest BCUT2D eigenvalue weighted by molar-refractivity contribution is 8.23. The zero-order valence-corrected chi connectivity index (χ0v) is 20.4. The van der Waals surface area contributed by atoms with Crippen LogP contribution in [0.4, 0.5) is 4.39 Å². The first-order chi connectivity index (χ1) is 16.1. The van der Waals surface area contributed by atoms with Crippen molar-refractivity contribution in [2.24, 2.45) is 0 Å². The molecule has 0 amide bonds. The fraction of sp³-hybridized carbons (Fsp3) is 0.407. The molecule has 2 fully saturated rings. The van der Waals surface area contributed by atoms with Crippen molar-refractivity contribution in [1.82, 2.24) is 4.90 Å². The van der Waals surface area contributed by atoms with E-state index in [1.165, 1.54) is 23.8 Å². The predicted octanol–water partition coefficient (Wildman–Crippen LogP) is 6.44. The molecular formula is C27H31ClFNO2S. The molecule has 3 aliphatic rings.